The number of hydrogen-bond acceptors (Lipinski definition) is 3. The standard InChI is InChI=1S/C15H23NO2/c1-2-17-15(13-6-4-3-5-7-13)12-18-14-8-10-16-11-9-14/h3-7,14-16H,2,8-12H2,1H3. The first-order valence-corrected chi connectivity index (χ1v) is 6.89. The van der Waals surface area contributed by atoms with Crippen molar-refractivity contribution >= 4 is 0 Å². The van der Waals surface area contributed by atoms with Gasteiger partial charge < -0.3 is 14.8 Å². The summed E-state index contributed by atoms with van der Waals surface area (Å²) in [7, 11) is 0. The van der Waals surface area contributed by atoms with Gasteiger partial charge in [0.15, 0.2) is 0 Å². The molecule has 1 heterocycles. The Hall–Kier alpha value is -0.900. The Morgan fingerprint density at radius 3 is 2.61 bits per heavy atom. The lowest BCUT2D eigenvalue weighted by molar-refractivity contribution is -0.0500. The fourth-order valence-electron chi connectivity index (χ4n) is 2.30. The fourth-order valence-corrected chi connectivity index (χ4v) is 2.30. The van der Waals surface area contributed by atoms with E-state index in [0.717, 1.165) is 32.5 Å². The first-order chi connectivity index (χ1) is 8.90. The minimum Gasteiger partial charge on any atom is -0.375 e. The molecule has 1 N–H and O–H groups in total. The predicted molar refractivity (Wildman–Crippen MR) is 72.7 cm³/mol. The Morgan fingerprint density at radius 1 is 1.22 bits per heavy atom. The Morgan fingerprint density at radius 2 is 1.94 bits per heavy atom. The topological polar surface area (TPSA) is 30.5 Å². The maximum Gasteiger partial charge on any atom is 0.106 e. The average Bonchev–Trinajstić information content (AvgIpc) is 2.45. The molecule has 0 aromatic heterocycles. The quantitative estimate of drug-likeness (QED) is 0.840. The van der Waals surface area contributed by atoms with E-state index >= 15 is 0 Å². The van der Waals surface area contributed by atoms with Crippen LogP contribution in [0.15, 0.2) is 30.3 Å². The van der Waals surface area contributed by atoms with Gasteiger partial charge in [0.05, 0.1) is 12.7 Å². The Bertz CT molecular complexity index is 323. The van der Waals surface area contributed by atoms with Crippen molar-refractivity contribution in [1.82, 2.24) is 5.32 Å². The van der Waals surface area contributed by atoms with Gasteiger partial charge in [0.2, 0.25) is 0 Å². The molecule has 3 heteroatoms. The van der Waals surface area contributed by atoms with E-state index in [1.54, 1.807) is 0 Å². The molecule has 0 saturated carbocycles. The summed E-state index contributed by atoms with van der Waals surface area (Å²) in [6.45, 7) is 5.53. The van der Waals surface area contributed by atoms with Crippen LogP contribution >= 0.6 is 0 Å². The van der Waals surface area contributed by atoms with Crippen LogP contribution in [0.4, 0.5) is 0 Å². The lowest BCUT2D eigenvalue weighted by Crippen LogP contribution is -2.33. The van der Waals surface area contributed by atoms with E-state index in [-0.39, 0.29) is 6.10 Å². The lowest BCUT2D eigenvalue weighted by Gasteiger charge is -2.25. The molecule has 18 heavy (non-hydrogen) atoms. The second-order valence-corrected chi connectivity index (χ2v) is 4.64. The number of ether oxygens (including phenoxy) is 2. The second-order valence-electron chi connectivity index (χ2n) is 4.64. The molecule has 0 bridgehead atoms. The SMILES string of the molecule is CCOC(COC1CCNCC1)c1ccccc1. The van der Waals surface area contributed by atoms with Gasteiger partial charge in [-0.15, -0.1) is 0 Å². The monoisotopic (exact) mass is 249 g/mol. The third-order valence-electron chi connectivity index (χ3n) is 3.31. The van der Waals surface area contributed by atoms with E-state index in [2.05, 4.69) is 17.4 Å². The van der Waals surface area contributed by atoms with E-state index in [1.807, 2.05) is 25.1 Å². The minimum atomic E-state index is 0.0612. The van der Waals surface area contributed by atoms with E-state index in [0.29, 0.717) is 12.7 Å². The van der Waals surface area contributed by atoms with Crippen molar-refractivity contribution in [1.29, 1.82) is 0 Å². The van der Waals surface area contributed by atoms with Gasteiger partial charge in [-0.3, -0.25) is 0 Å². The predicted octanol–water partition coefficient (Wildman–Crippen LogP) is 2.53. The van der Waals surface area contributed by atoms with Crippen molar-refractivity contribution in [3.05, 3.63) is 35.9 Å². The molecule has 1 fully saturated rings. The van der Waals surface area contributed by atoms with Crippen molar-refractivity contribution in [2.24, 2.45) is 0 Å². The first kappa shape index (κ1) is 13.5. The number of rotatable bonds is 6. The van der Waals surface area contributed by atoms with Crippen LogP contribution in [-0.2, 0) is 9.47 Å². The van der Waals surface area contributed by atoms with Gasteiger partial charge in [0.1, 0.15) is 6.10 Å². The third-order valence-corrected chi connectivity index (χ3v) is 3.31. The summed E-state index contributed by atoms with van der Waals surface area (Å²) in [6, 6.07) is 10.3. The third kappa shape index (κ3) is 4.09. The summed E-state index contributed by atoms with van der Waals surface area (Å²) >= 11 is 0. The molecule has 0 aliphatic carbocycles. The van der Waals surface area contributed by atoms with Crippen LogP contribution in [0, 0.1) is 0 Å². The van der Waals surface area contributed by atoms with Crippen molar-refractivity contribution in [2.45, 2.75) is 32.0 Å². The zero-order valence-corrected chi connectivity index (χ0v) is 11.1. The van der Waals surface area contributed by atoms with Crippen molar-refractivity contribution < 1.29 is 9.47 Å². The summed E-state index contributed by atoms with van der Waals surface area (Å²) in [5.41, 5.74) is 1.20. The van der Waals surface area contributed by atoms with Gasteiger partial charge in [-0.05, 0) is 38.4 Å². The Balaban J connectivity index is 1.86. The highest BCUT2D eigenvalue weighted by atomic mass is 16.5. The van der Waals surface area contributed by atoms with Gasteiger partial charge in [-0.25, -0.2) is 0 Å². The van der Waals surface area contributed by atoms with E-state index in [9.17, 15) is 0 Å². The second kappa shape index (κ2) is 7.52. The number of piperidine rings is 1. The molecule has 0 radical (unpaired) electrons. The highest BCUT2D eigenvalue weighted by Crippen LogP contribution is 2.19. The highest BCUT2D eigenvalue weighted by molar-refractivity contribution is 5.17. The van der Waals surface area contributed by atoms with Crippen LogP contribution in [-0.4, -0.2) is 32.4 Å². The van der Waals surface area contributed by atoms with Gasteiger partial charge in [0, 0.05) is 6.61 Å². The lowest BCUT2D eigenvalue weighted by atomic mass is 10.1. The molecule has 1 aromatic carbocycles. The van der Waals surface area contributed by atoms with Gasteiger partial charge in [-0.2, -0.15) is 0 Å². The minimum absolute atomic E-state index is 0.0612. The zero-order chi connectivity index (χ0) is 12.6. The molecule has 1 aliphatic rings. The smallest absolute Gasteiger partial charge is 0.106 e. The molecule has 100 valence electrons. The first-order valence-electron chi connectivity index (χ1n) is 6.89. The molecule has 1 aromatic rings. The Kier molecular flexibility index (Phi) is 5.65. The van der Waals surface area contributed by atoms with Crippen molar-refractivity contribution in [3.63, 3.8) is 0 Å². The van der Waals surface area contributed by atoms with Crippen LogP contribution in [0.5, 0.6) is 0 Å². The molecule has 1 saturated heterocycles. The molecule has 0 amide bonds. The molecule has 1 atom stereocenters. The number of benzene rings is 1. The van der Waals surface area contributed by atoms with Crippen LogP contribution in [0.1, 0.15) is 31.4 Å². The summed E-state index contributed by atoms with van der Waals surface area (Å²) in [6.07, 6.45) is 2.66. The van der Waals surface area contributed by atoms with E-state index in [4.69, 9.17) is 9.47 Å². The van der Waals surface area contributed by atoms with E-state index in [1.165, 1.54) is 5.56 Å². The van der Waals surface area contributed by atoms with Gasteiger partial charge >= 0.3 is 0 Å². The van der Waals surface area contributed by atoms with Crippen LogP contribution < -0.4 is 5.32 Å². The van der Waals surface area contributed by atoms with Crippen molar-refractivity contribution in [3.8, 4) is 0 Å². The van der Waals surface area contributed by atoms with Gasteiger partial charge in [0.25, 0.3) is 0 Å². The summed E-state index contributed by atoms with van der Waals surface area (Å²) in [5, 5.41) is 3.35. The number of hydrogen-bond donors (Lipinski definition) is 1. The Labute approximate surface area is 109 Å². The van der Waals surface area contributed by atoms with Gasteiger partial charge in [-0.1, -0.05) is 30.3 Å². The maximum atomic E-state index is 5.99. The summed E-state index contributed by atoms with van der Waals surface area (Å²) < 4.78 is 11.8. The molecular formula is C15H23NO2. The summed E-state index contributed by atoms with van der Waals surface area (Å²) in [5.74, 6) is 0. The molecule has 2 rings (SSSR count). The van der Waals surface area contributed by atoms with Crippen LogP contribution in [0.2, 0.25) is 0 Å². The highest BCUT2D eigenvalue weighted by Gasteiger charge is 2.17. The molecule has 1 unspecified atom stereocenters. The molecule has 3 nitrogen and oxygen atoms in total. The fraction of sp³-hybridized carbons (Fsp3) is 0.600. The molecule has 0 spiro atoms. The normalized spacial score (nSPS) is 18.7. The maximum absolute atomic E-state index is 5.99. The zero-order valence-electron chi connectivity index (χ0n) is 11.1. The van der Waals surface area contributed by atoms with E-state index < -0.39 is 0 Å². The molecule has 1 aliphatic heterocycles. The molecular weight excluding hydrogens is 226 g/mol. The van der Waals surface area contributed by atoms with Crippen molar-refractivity contribution in [2.75, 3.05) is 26.3 Å². The van der Waals surface area contributed by atoms with Crippen LogP contribution in [0.25, 0.3) is 0 Å². The summed E-state index contributed by atoms with van der Waals surface area (Å²) in [4.78, 5) is 0. The number of nitrogens with one attached hydrogen (secondary N) is 1. The largest absolute Gasteiger partial charge is 0.375 e. The van der Waals surface area contributed by atoms with Crippen LogP contribution in [0.3, 0.4) is 0 Å². The average molecular weight is 249 g/mol.